The fourth-order valence-electron chi connectivity index (χ4n) is 2.04. The summed E-state index contributed by atoms with van der Waals surface area (Å²) in [6.45, 7) is 5.08. The Bertz CT molecular complexity index is 399. The van der Waals surface area contributed by atoms with Crippen molar-refractivity contribution in [2.75, 3.05) is 12.5 Å². The van der Waals surface area contributed by atoms with E-state index in [1.807, 2.05) is 12.1 Å². The third-order valence-corrected chi connectivity index (χ3v) is 3.80. The lowest BCUT2D eigenvalue weighted by molar-refractivity contribution is 0.344. The van der Waals surface area contributed by atoms with Gasteiger partial charge in [-0.25, -0.2) is 0 Å². The molecule has 0 N–H and O–H groups in total. The summed E-state index contributed by atoms with van der Waals surface area (Å²) in [5.74, 6) is 1.66. The van der Waals surface area contributed by atoms with Crippen molar-refractivity contribution in [3.8, 4) is 5.75 Å². The second kappa shape index (κ2) is 4.46. The lowest BCUT2D eigenvalue weighted by Crippen LogP contribution is -2.17. The summed E-state index contributed by atoms with van der Waals surface area (Å²) in [5.41, 5.74) is 2.49. The Labute approximate surface area is 107 Å². The summed E-state index contributed by atoms with van der Waals surface area (Å²) >= 11 is 12.1. The number of halogens is 2. The van der Waals surface area contributed by atoms with E-state index in [0.29, 0.717) is 5.88 Å². The predicted molar refractivity (Wildman–Crippen MR) is 68.9 cm³/mol. The predicted octanol–water partition coefficient (Wildman–Crippen LogP) is 4.08. The Balaban J connectivity index is 2.34. The van der Waals surface area contributed by atoms with Crippen LogP contribution in [-0.4, -0.2) is 12.5 Å². The Kier molecular flexibility index (Phi) is 3.37. The number of ether oxygens (including phenoxy) is 1. The summed E-state index contributed by atoms with van der Waals surface area (Å²) in [6, 6.07) is 4.00. The van der Waals surface area contributed by atoms with Gasteiger partial charge in [0.25, 0.3) is 0 Å². The zero-order valence-corrected chi connectivity index (χ0v) is 11.2. The summed E-state index contributed by atoms with van der Waals surface area (Å²) in [7, 11) is 0. The van der Waals surface area contributed by atoms with Gasteiger partial charge in [-0.05, 0) is 35.1 Å². The van der Waals surface area contributed by atoms with Crippen LogP contribution in [0.1, 0.15) is 25.0 Å². The third-order valence-electron chi connectivity index (χ3n) is 2.86. The Morgan fingerprint density at radius 2 is 2.12 bits per heavy atom. The van der Waals surface area contributed by atoms with Crippen LogP contribution >= 0.6 is 23.2 Å². The maximum Gasteiger partial charge on any atom is 0.125 e. The Hall–Kier alpha value is -0.400. The van der Waals surface area contributed by atoms with Crippen molar-refractivity contribution < 1.29 is 4.74 Å². The molecule has 3 heteroatoms. The highest BCUT2D eigenvalue weighted by Gasteiger charge is 2.23. The number of rotatable bonds is 3. The van der Waals surface area contributed by atoms with Gasteiger partial charge in [-0.2, -0.15) is 0 Å². The van der Waals surface area contributed by atoms with Crippen molar-refractivity contribution in [1.82, 2.24) is 0 Å². The number of fused-ring (bicyclic) bond motifs is 1. The van der Waals surface area contributed by atoms with Gasteiger partial charge in [0.05, 0.1) is 6.61 Å². The first-order chi connectivity index (χ1) is 7.52. The van der Waals surface area contributed by atoms with Gasteiger partial charge in [0.2, 0.25) is 0 Å². The van der Waals surface area contributed by atoms with E-state index in [9.17, 15) is 0 Å². The minimum absolute atomic E-state index is 0.0754. The molecule has 0 unspecified atom stereocenters. The van der Waals surface area contributed by atoms with Gasteiger partial charge < -0.3 is 4.74 Å². The lowest BCUT2D eigenvalue weighted by Gasteiger charge is -2.22. The van der Waals surface area contributed by atoms with E-state index in [0.717, 1.165) is 30.2 Å². The van der Waals surface area contributed by atoms with Crippen LogP contribution in [0, 0.1) is 5.41 Å². The highest BCUT2D eigenvalue weighted by molar-refractivity contribution is 6.30. The minimum Gasteiger partial charge on any atom is -0.493 e. The molecule has 2 rings (SSSR count). The van der Waals surface area contributed by atoms with Crippen LogP contribution in [0.5, 0.6) is 5.75 Å². The number of alkyl halides is 1. The second-order valence-electron chi connectivity index (χ2n) is 5.13. The van der Waals surface area contributed by atoms with Crippen LogP contribution < -0.4 is 4.74 Å². The van der Waals surface area contributed by atoms with Crippen molar-refractivity contribution in [2.24, 2.45) is 5.41 Å². The lowest BCUT2D eigenvalue weighted by atomic mass is 9.87. The molecule has 0 bridgehead atoms. The van der Waals surface area contributed by atoms with Crippen LogP contribution in [0.2, 0.25) is 5.02 Å². The van der Waals surface area contributed by atoms with Crippen molar-refractivity contribution >= 4 is 23.2 Å². The normalized spacial score (nSPS) is 14.8. The molecule has 1 aromatic carbocycles. The minimum atomic E-state index is 0.0754. The fraction of sp³-hybridized carbons (Fsp3) is 0.538. The fourth-order valence-corrected chi connectivity index (χ4v) is 2.40. The van der Waals surface area contributed by atoms with E-state index in [2.05, 4.69) is 13.8 Å². The van der Waals surface area contributed by atoms with Gasteiger partial charge in [-0.3, -0.25) is 0 Å². The number of benzene rings is 1. The maximum atomic E-state index is 6.11. The smallest absolute Gasteiger partial charge is 0.125 e. The van der Waals surface area contributed by atoms with Crippen LogP contribution in [0.4, 0.5) is 0 Å². The van der Waals surface area contributed by atoms with E-state index < -0.39 is 0 Å². The van der Waals surface area contributed by atoms with Gasteiger partial charge in [0.15, 0.2) is 0 Å². The molecule has 1 aliphatic rings. The molecular formula is C13H16Cl2O. The standard InChI is InChI=1S/C13H16Cl2O/c1-13(2,8-14)7-10-6-11(15)5-9-3-4-16-12(9)10/h5-6H,3-4,7-8H2,1-2H3. The molecule has 1 aliphatic heterocycles. The van der Waals surface area contributed by atoms with Gasteiger partial charge in [0.1, 0.15) is 5.75 Å². The molecule has 16 heavy (non-hydrogen) atoms. The van der Waals surface area contributed by atoms with Crippen LogP contribution in [0.15, 0.2) is 12.1 Å². The number of hydrogen-bond donors (Lipinski definition) is 0. The molecule has 1 nitrogen and oxygen atoms in total. The van der Waals surface area contributed by atoms with Crippen LogP contribution in [0.3, 0.4) is 0 Å². The molecule has 0 saturated carbocycles. The van der Waals surface area contributed by atoms with Crippen molar-refractivity contribution in [2.45, 2.75) is 26.7 Å². The SMILES string of the molecule is CC(C)(CCl)Cc1cc(Cl)cc2c1OCC2. The zero-order chi connectivity index (χ0) is 11.8. The molecule has 0 aliphatic carbocycles. The van der Waals surface area contributed by atoms with Crippen LogP contribution in [-0.2, 0) is 12.8 Å². The Morgan fingerprint density at radius 1 is 1.38 bits per heavy atom. The molecule has 0 atom stereocenters. The van der Waals surface area contributed by atoms with Crippen LogP contribution in [0.25, 0.3) is 0 Å². The van der Waals surface area contributed by atoms with Crippen molar-refractivity contribution in [3.05, 3.63) is 28.3 Å². The molecule has 0 aromatic heterocycles. The van der Waals surface area contributed by atoms with Gasteiger partial charge in [-0.15, -0.1) is 11.6 Å². The first-order valence-corrected chi connectivity index (χ1v) is 6.43. The summed E-state index contributed by atoms with van der Waals surface area (Å²) in [5, 5.41) is 0.796. The van der Waals surface area contributed by atoms with Gasteiger partial charge in [0, 0.05) is 17.3 Å². The van der Waals surface area contributed by atoms with Gasteiger partial charge in [-0.1, -0.05) is 25.4 Å². The summed E-state index contributed by atoms with van der Waals surface area (Å²) in [6.07, 6.45) is 1.86. The highest BCUT2D eigenvalue weighted by atomic mass is 35.5. The number of hydrogen-bond acceptors (Lipinski definition) is 1. The van der Waals surface area contributed by atoms with Gasteiger partial charge >= 0.3 is 0 Å². The van der Waals surface area contributed by atoms with Crippen molar-refractivity contribution in [1.29, 1.82) is 0 Å². The van der Waals surface area contributed by atoms with E-state index in [4.69, 9.17) is 27.9 Å². The molecule has 88 valence electrons. The molecule has 1 aromatic rings. The first-order valence-electron chi connectivity index (χ1n) is 5.52. The average Bonchev–Trinajstić information content (AvgIpc) is 2.65. The van der Waals surface area contributed by atoms with E-state index in [1.54, 1.807) is 0 Å². The van der Waals surface area contributed by atoms with E-state index in [1.165, 1.54) is 11.1 Å². The van der Waals surface area contributed by atoms with E-state index >= 15 is 0 Å². The second-order valence-corrected chi connectivity index (χ2v) is 5.83. The van der Waals surface area contributed by atoms with Crippen molar-refractivity contribution in [3.63, 3.8) is 0 Å². The molecule has 0 radical (unpaired) electrons. The van der Waals surface area contributed by atoms with E-state index in [-0.39, 0.29) is 5.41 Å². The average molecular weight is 259 g/mol. The molecule has 0 spiro atoms. The largest absolute Gasteiger partial charge is 0.493 e. The summed E-state index contributed by atoms with van der Waals surface area (Å²) < 4.78 is 5.67. The topological polar surface area (TPSA) is 9.23 Å². The quantitative estimate of drug-likeness (QED) is 0.743. The monoisotopic (exact) mass is 258 g/mol. The summed E-state index contributed by atoms with van der Waals surface area (Å²) in [4.78, 5) is 0. The first kappa shape index (κ1) is 12.1. The maximum absolute atomic E-state index is 6.11. The molecule has 0 amide bonds. The molecule has 0 fully saturated rings. The molecule has 1 heterocycles. The molecular weight excluding hydrogens is 243 g/mol. The highest BCUT2D eigenvalue weighted by Crippen LogP contribution is 2.36. The zero-order valence-electron chi connectivity index (χ0n) is 9.65. The Morgan fingerprint density at radius 3 is 2.81 bits per heavy atom. The molecule has 0 saturated heterocycles. The third kappa shape index (κ3) is 2.46.